The minimum Gasteiger partial charge on any atom is -0.298 e. The Morgan fingerprint density at radius 3 is 2.92 bits per heavy atom. The van der Waals surface area contributed by atoms with E-state index in [1.165, 1.54) is 6.33 Å². The fourth-order valence-electron chi connectivity index (χ4n) is 1.40. The van der Waals surface area contributed by atoms with Crippen LogP contribution < -0.4 is 0 Å². The van der Waals surface area contributed by atoms with Gasteiger partial charge in [-0.05, 0) is 13.0 Å². The Labute approximate surface area is 75.4 Å². The smallest absolute Gasteiger partial charge is 0.150 e. The molecule has 0 aliphatic carbocycles. The lowest BCUT2D eigenvalue weighted by molar-refractivity contribution is 0.112. The summed E-state index contributed by atoms with van der Waals surface area (Å²) in [5, 5.41) is 0.847. The molecule has 64 valence electrons. The molecule has 3 nitrogen and oxygen atoms in total. The summed E-state index contributed by atoms with van der Waals surface area (Å²) in [7, 11) is 0. The number of aldehydes is 1. The van der Waals surface area contributed by atoms with Crippen LogP contribution in [0.5, 0.6) is 0 Å². The number of rotatable bonds is 1. The van der Waals surface area contributed by atoms with Crippen LogP contribution in [0.25, 0.3) is 10.9 Å². The Hall–Kier alpha value is -1.77. The van der Waals surface area contributed by atoms with Gasteiger partial charge in [-0.3, -0.25) is 4.79 Å². The molecular weight excluding hydrogens is 164 g/mol. The fourth-order valence-corrected chi connectivity index (χ4v) is 1.40. The number of carbonyl (C=O) groups is 1. The van der Waals surface area contributed by atoms with Gasteiger partial charge in [0.15, 0.2) is 6.29 Å². The van der Waals surface area contributed by atoms with Crippen molar-refractivity contribution in [2.24, 2.45) is 0 Å². The van der Waals surface area contributed by atoms with E-state index >= 15 is 0 Å². The highest BCUT2D eigenvalue weighted by Gasteiger charge is 2.03. The van der Waals surface area contributed by atoms with Crippen molar-refractivity contribution in [3.8, 4) is 0 Å². The topological polar surface area (TPSA) is 42.9 Å². The molecule has 0 aliphatic rings. The molecule has 0 amide bonds. The second-order valence-corrected chi connectivity index (χ2v) is 2.82. The van der Waals surface area contributed by atoms with Crippen molar-refractivity contribution in [3.63, 3.8) is 0 Å². The summed E-state index contributed by atoms with van der Waals surface area (Å²) in [6.45, 7) is 1.87. The first kappa shape index (κ1) is 7.86. The first-order valence-electron chi connectivity index (χ1n) is 3.98. The van der Waals surface area contributed by atoms with Crippen molar-refractivity contribution in [2.75, 3.05) is 0 Å². The van der Waals surface area contributed by atoms with Gasteiger partial charge in [0.25, 0.3) is 0 Å². The van der Waals surface area contributed by atoms with E-state index in [0.29, 0.717) is 5.56 Å². The third kappa shape index (κ3) is 1.18. The number of fused-ring (bicyclic) bond motifs is 1. The molecule has 2 rings (SSSR count). The molecule has 0 radical (unpaired) electrons. The van der Waals surface area contributed by atoms with E-state index in [9.17, 15) is 4.79 Å². The molecule has 0 saturated heterocycles. The van der Waals surface area contributed by atoms with Crippen LogP contribution in [0, 0.1) is 6.92 Å². The van der Waals surface area contributed by atoms with Crippen LogP contribution in [0.3, 0.4) is 0 Å². The van der Waals surface area contributed by atoms with E-state index in [2.05, 4.69) is 9.97 Å². The summed E-state index contributed by atoms with van der Waals surface area (Å²) in [6.07, 6.45) is 2.34. The molecular formula is C10H8N2O. The van der Waals surface area contributed by atoms with Crippen molar-refractivity contribution in [2.45, 2.75) is 6.92 Å². The number of aromatic nitrogens is 2. The van der Waals surface area contributed by atoms with Crippen LogP contribution in [0.2, 0.25) is 0 Å². The molecule has 1 aromatic carbocycles. The summed E-state index contributed by atoms with van der Waals surface area (Å²) in [4.78, 5) is 18.8. The van der Waals surface area contributed by atoms with Crippen LogP contribution >= 0.6 is 0 Å². The van der Waals surface area contributed by atoms with Gasteiger partial charge in [-0.15, -0.1) is 0 Å². The Morgan fingerprint density at radius 2 is 2.15 bits per heavy atom. The predicted molar refractivity (Wildman–Crippen MR) is 49.7 cm³/mol. The molecule has 0 saturated carbocycles. The van der Waals surface area contributed by atoms with Crippen LogP contribution in [0.15, 0.2) is 24.5 Å². The molecule has 0 atom stereocenters. The van der Waals surface area contributed by atoms with E-state index in [1.54, 1.807) is 6.07 Å². The lowest BCUT2D eigenvalue weighted by Crippen LogP contribution is -1.91. The standard InChI is InChI=1S/C10H8N2O/c1-7-10-8(5-13)3-2-4-9(10)12-6-11-7/h2-6H,1H3. The number of hydrogen-bond acceptors (Lipinski definition) is 3. The Balaban J connectivity index is 2.94. The minimum absolute atomic E-state index is 0.649. The first-order chi connectivity index (χ1) is 6.33. The maximum Gasteiger partial charge on any atom is 0.150 e. The molecule has 0 fully saturated rings. The Kier molecular flexibility index (Phi) is 1.77. The first-order valence-corrected chi connectivity index (χ1v) is 3.98. The van der Waals surface area contributed by atoms with Crippen molar-refractivity contribution < 1.29 is 4.79 Å². The number of hydrogen-bond donors (Lipinski definition) is 0. The Bertz CT molecular complexity index is 460. The summed E-state index contributed by atoms with van der Waals surface area (Å²) in [5.41, 5.74) is 2.31. The second kappa shape index (κ2) is 2.94. The maximum atomic E-state index is 10.7. The second-order valence-electron chi connectivity index (χ2n) is 2.82. The zero-order valence-corrected chi connectivity index (χ0v) is 7.19. The number of carbonyl (C=O) groups excluding carboxylic acids is 1. The lowest BCUT2D eigenvalue weighted by Gasteiger charge is -2.01. The molecule has 1 heterocycles. The SMILES string of the molecule is Cc1ncnc2cccc(C=O)c12. The Morgan fingerprint density at radius 1 is 1.31 bits per heavy atom. The lowest BCUT2D eigenvalue weighted by atomic mass is 10.1. The average molecular weight is 172 g/mol. The number of nitrogens with zero attached hydrogens (tertiary/aromatic N) is 2. The molecule has 1 aromatic heterocycles. The third-order valence-electron chi connectivity index (χ3n) is 2.01. The van der Waals surface area contributed by atoms with Gasteiger partial charge in [0.1, 0.15) is 6.33 Å². The molecule has 0 aliphatic heterocycles. The highest BCUT2D eigenvalue weighted by Crippen LogP contribution is 2.17. The highest BCUT2D eigenvalue weighted by molar-refractivity contribution is 5.97. The predicted octanol–water partition coefficient (Wildman–Crippen LogP) is 1.75. The van der Waals surface area contributed by atoms with E-state index in [1.807, 2.05) is 19.1 Å². The van der Waals surface area contributed by atoms with Crippen LogP contribution in [0.4, 0.5) is 0 Å². The van der Waals surface area contributed by atoms with Crippen LogP contribution in [0.1, 0.15) is 16.1 Å². The maximum absolute atomic E-state index is 10.7. The van der Waals surface area contributed by atoms with Crippen LogP contribution in [-0.2, 0) is 0 Å². The van der Waals surface area contributed by atoms with Gasteiger partial charge in [-0.25, -0.2) is 9.97 Å². The summed E-state index contributed by atoms with van der Waals surface area (Å²) in [5.74, 6) is 0. The van der Waals surface area contributed by atoms with Gasteiger partial charge in [0.05, 0.1) is 5.52 Å². The zero-order chi connectivity index (χ0) is 9.26. The fraction of sp³-hybridized carbons (Fsp3) is 0.100. The van der Waals surface area contributed by atoms with E-state index in [-0.39, 0.29) is 0 Å². The summed E-state index contributed by atoms with van der Waals surface area (Å²) in [6, 6.07) is 5.46. The normalized spacial score (nSPS) is 10.2. The van der Waals surface area contributed by atoms with E-state index in [4.69, 9.17) is 0 Å². The summed E-state index contributed by atoms with van der Waals surface area (Å²) >= 11 is 0. The molecule has 0 bridgehead atoms. The monoisotopic (exact) mass is 172 g/mol. The van der Waals surface area contributed by atoms with Gasteiger partial charge in [-0.2, -0.15) is 0 Å². The zero-order valence-electron chi connectivity index (χ0n) is 7.19. The largest absolute Gasteiger partial charge is 0.298 e. The minimum atomic E-state index is 0.649. The van der Waals surface area contributed by atoms with E-state index in [0.717, 1.165) is 22.9 Å². The summed E-state index contributed by atoms with van der Waals surface area (Å²) < 4.78 is 0. The van der Waals surface area contributed by atoms with Crippen molar-refractivity contribution in [3.05, 3.63) is 35.8 Å². The molecule has 0 spiro atoms. The number of benzene rings is 1. The molecule has 13 heavy (non-hydrogen) atoms. The van der Waals surface area contributed by atoms with Gasteiger partial charge in [0, 0.05) is 16.6 Å². The highest BCUT2D eigenvalue weighted by atomic mass is 16.1. The third-order valence-corrected chi connectivity index (χ3v) is 2.01. The van der Waals surface area contributed by atoms with Crippen molar-refractivity contribution in [1.82, 2.24) is 9.97 Å². The van der Waals surface area contributed by atoms with Gasteiger partial charge in [-0.1, -0.05) is 12.1 Å². The van der Waals surface area contributed by atoms with Gasteiger partial charge >= 0.3 is 0 Å². The quantitative estimate of drug-likeness (QED) is 0.615. The van der Waals surface area contributed by atoms with Crippen LogP contribution in [-0.4, -0.2) is 16.3 Å². The number of aryl methyl sites for hydroxylation is 1. The van der Waals surface area contributed by atoms with E-state index < -0.39 is 0 Å². The molecule has 0 unspecified atom stereocenters. The molecule has 0 N–H and O–H groups in total. The average Bonchev–Trinajstić information content (AvgIpc) is 2.17. The molecule has 2 aromatic rings. The van der Waals surface area contributed by atoms with Crippen molar-refractivity contribution in [1.29, 1.82) is 0 Å². The molecule has 3 heteroatoms. The van der Waals surface area contributed by atoms with Gasteiger partial charge < -0.3 is 0 Å². The van der Waals surface area contributed by atoms with Gasteiger partial charge in [0.2, 0.25) is 0 Å². The van der Waals surface area contributed by atoms with Crippen molar-refractivity contribution >= 4 is 17.2 Å².